The van der Waals surface area contributed by atoms with Gasteiger partial charge in [-0.25, -0.2) is 0 Å². The summed E-state index contributed by atoms with van der Waals surface area (Å²) in [6, 6.07) is 4.38. The summed E-state index contributed by atoms with van der Waals surface area (Å²) in [4.78, 5) is 6.59. The number of rotatable bonds is 5. The zero-order chi connectivity index (χ0) is 14.6. The Morgan fingerprint density at radius 3 is 2.65 bits per heavy atom. The van der Waals surface area contributed by atoms with Crippen molar-refractivity contribution >= 4 is 0 Å². The van der Waals surface area contributed by atoms with Gasteiger partial charge in [0.05, 0.1) is 0 Å². The maximum absolute atomic E-state index is 5.91. The standard InChI is InChI=1S/C16H28N4/c1-13-6-8-16(9-7-13,20(2)3)15(19-17)11-14-5-4-10-18-12-14/h4-5,10,12-13,15,19H,6-9,11,17H2,1-3H3. The van der Waals surface area contributed by atoms with E-state index in [2.05, 4.69) is 42.4 Å². The topological polar surface area (TPSA) is 54.2 Å². The molecule has 0 bridgehead atoms. The lowest BCUT2D eigenvalue weighted by atomic mass is 9.71. The van der Waals surface area contributed by atoms with Crippen LogP contribution in [-0.4, -0.2) is 35.6 Å². The van der Waals surface area contributed by atoms with E-state index in [1.165, 1.54) is 31.2 Å². The van der Waals surface area contributed by atoms with Gasteiger partial charge in [-0.3, -0.25) is 16.3 Å². The van der Waals surface area contributed by atoms with Crippen LogP contribution >= 0.6 is 0 Å². The quantitative estimate of drug-likeness (QED) is 0.638. The lowest BCUT2D eigenvalue weighted by Crippen LogP contribution is -2.62. The minimum atomic E-state index is 0.150. The Labute approximate surface area is 122 Å². The molecule has 1 atom stereocenters. The summed E-state index contributed by atoms with van der Waals surface area (Å²) in [5, 5.41) is 0. The third-order valence-corrected chi connectivity index (χ3v) is 5.04. The van der Waals surface area contributed by atoms with Crippen LogP contribution in [0.25, 0.3) is 0 Å². The second kappa shape index (κ2) is 6.66. The third-order valence-electron chi connectivity index (χ3n) is 5.04. The fraction of sp³-hybridized carbons (Fsp3) is 0.688. The van der Waals surface area contributed by atoms with Crippen molar-refractivity contribution in [3.05, 3.63) is 30.1 Å². The first kappa shape index (κ1) is 15.4. The van der Waals surface area contributed by atoms with E-state index < -0.39 is 0 Å². The predicted octanol–water partition coefficient (Wildman–Crippen LogP) is 1.97. The molecule has 0 aliphatic heterocycles. The Kier molecular flexibility index (Phi) is 5.13. The maximum atomic E-state index is 5.91. The van der Waals surface area contributed by atoms with Crippen LogP contribution in [0.1, 0.15) is 38.2 Å². The summed E-state index contributed by atoms with van der Waals surface area (Å²) in [7, 11) is 4.37. The van der Waals surface area contributed by atoms with Crippen molar-refractivity contribution in [1.82, 2.24) is 15.3 Å². The number of hydrazine groups is 1. The molecule has 112 valence electrons. The van der Waals surface area contributed by atoms with Crippen LogP contribution in [0.4, 0.5) is 0 Å². The van der Waals surface area contributed by atoms with Crippen molar-refractivity contribution in [2.24, 2.45) is 11.8 Å². The Bertz CT molecular complexity index is 396. The number of nitrogens with two attached hydrogens (primary N) is 1. The first-order chi connectivity index (χ1) is 9.58. The summed E-state index contributed by atoms with van der Waals surface area (Å²) in [5.74, 6) is 6.75. The number of pyridine rings is 1. The van der Waals surface area contributed by atoms with Crippen LogP contribution in [0, 0.1) is 5.92 Å². The van der Waals surface area contributed by atoms with Gasteiger partial charge in [-0.2, -0.15) is 0 Å². The van der Waals surface area contributed by atoms with E-state index in [1.807, 2.05) is 18.5 Å². The number of likely N-dealkylation sites (N-methyl/N-ethyl adjacent to an activating group) is 1. The summed E-state index contributed by atoms with van der Waals surface area (Å²) in [6.07, 6.45) is 9.66. The van der Waals surface area contributed by atoms with Gasteiger partial charge < -0.3 is 4.90 Å². The highest BCUT2D eigenvalue weighted by Crippen LogP contribution is 2.38. The summed E-state index contributed by atoms with van der Waals surface area (Å²) in [5.41, 5.74) is 4.48. The highest BCUT2D eigenvalue weighted by Gasteiger charge is 2.42. The van der Waals surface area contributed by atoms with E-state index in [0.29, 0.717) is 0 Å². The van der Waals surface area contributed by atoms with Crippen LogP contribution < -0.4 is 11.3 Å². The molecule has 1 aliphatic carbocycles. The molecule has 0 spiro atoms. The zero-order valence-corrected chi connectivity index (χ0v) is 13.0. The molecular weight excluding hydrogens is 248 g/mol. The Balaban J connectivity index is 2.17. The van der Waals surface area contributed by atoms with E-state index in [9.17, 15) is 0 Å². The average molecular weight is 276 g/mol. The van der Waals surface area contributed by atoms with E-state index in [0.717, 1.165) is 12.3 Å². The number of aromatic nitrogens is 1. The minimum absolute atomic E-state index is 0.150. The molecule has 0 aromatic carbocycles. The van der Waals surface area contributed by atoms with Gasteiger partial charge >= 0.3 is 0 Å². The van der Waals surface area contributed by atoms with Crippen molar-refractivity contribution in [1.29, 1.82) is 0 Å². The molecule has 2 rings (SSSR count). The first-order valence-electron chi connectivity index (χ1n) is 7.61. The molecule has 1 unspecified atom stereocenters. The lowest BCUT2D eigenvalue weighted by Gasteiger charge is -2.49. The number of hydrogen-bond donors (Lipinski definition) is 2. The molecule has 1 heterocycles. The van der Waals surface area contributed by atoms with Crippen molar-refractivity contribution in [2.75, 3.05) is 14.1 Å². The Hall–Kier alpha value is -0.970. The van der Waals surface area contributed by atoms with E-state index in [-0.39, 0.29) is 11.6 Å². The van der Waals surface area contributed by atoms with Gasteiger partial charge in [-0.1, -0.05) is 13.0 Å². The number of nitrogens with one attached hydrogen (secondary N) is 1. The van der Waals surface area contributed by atoms with Crippen molar-refractivity contribution in [3.63, 3.8) is 0 Å². The molecule has 1 fully saturated rings. The third kappa shape index (κ3) is 3.19. The van der Waals surface area contributed by atoms with Crippen LogP contribution in [0.2, 0.25) is 0 Å². The number of hydrogen-bond acceptors (Lipinski definition) is 4. The monoisotopic (exact) mass is 276 g/mol. The molecule has 1 saturated carbocycles. The largest absolute Gasteiger partial charge is 0.302 e. The van der Waals surface area contributed by atoms with Crippen molar-refractivity contribution in [2.45, 2.75) is 50.6 Å². The van der Waals surface area contributed by atoms with Crippen molar-refractivity contribution in [3.8, 4) is 0 Å². The van der Waals surface area contributed by atoms with E-state index in [4.69, 9.17) is 5.84 Å². The van der Waals surface area contributed by atoms with Crippen LogP contribution in [0.3, 0.4) is 0 Å². The molecule has 1 aromatic rings. The Morgan fingerprint density at radius 2 is 2.15 bits per heavy atom. The van der Waals surface area contributed by atoms with Gasteiger partial charge in [0.15, 0.2) is 0 Å². The average Bonchev–Trinajstić information content (AvgIpc) is 2.47. The van der Waals surface area contributed by atoms with Gasteiger partial charge in [0.2, 0.25) is 0 Å². The summed E-state index contributed by atoms with van der Waals surface area (Å²) >= 11 is 0. The van der Waals surface area contributed by atoms with Gasteiger partial charge in [-0.15, -0.1) is 0 Å². The second-order valence-corrected chi connectivity index (χ2v) is 6.47. The predicted molar refractivity (Wildman–Crippen MR) is 83.1 cm³/mol. The fourth-order valence-corrected chi connectivity index (χ4v) is 3.53. The summed E-state index contributed by atoms with van der Waals surface area (Å²) < 4.78 is 0. The SMILES string of the molecule is CC1CCC(C(Cc2cccnc2)NN)(N(C)C)CC1. The molecule has 1 aliphatic rings. The summed E-state index contributed by atoms with van der Waals surface area (Å²) in [6.45, 7) is 2.35. The van der Waals surface area contributed by atoms with Crippen LogP contribution in [0.5, 0.6) is 0 Å². The van der Waals surface area contributed by atoms with Gasteiger partial charge in [0.1, 0.15) is 0 Å². The lowest BCUT2D eigenvalue weighted by molar-refractivity contribution is 0.0434. The molecule has 4 heteroatoms. The molecule has 20 heavy (non-hydrogen) atoms. The minimum Gasteiger partial charge on any atom is -0.302 e. The first-order valence-corrected chi connectivity index (χ1v) is 7.61. The molecular formula is C16H28N4. The fourth-order valence-electron chi connectivity index (χ4n) is 3.53. The highest BCUT2D eigenvalue weighted by atomic mass is 15.3. The molecule has 0 saturated heterocycles. The van der Waals surface area contributed by atoms with Gasteiger partial charge in [-0.05, 0) is 63.7 Å². The normalized spacial score (nSPS) is 28.6. The molecule has 4 nitrogen and oxygen atoms in total. The molecule has 3 N–H and O–H groups in total. The van der Waals surface area contributed by atoms with Crippen LogP contribution in [-0.2, 0) is 6.42 Å². The number of nitrogens with zero attached hydrogens (tertiary/aromatic N) is 2. The highest BCUT2D eigenvalue weighted by molar-refractivity contribution is 5.14. The Morgan fingerprint density at radius 1 is 1.45 bits per heavy atom. The van der Waals surface area contributed by atoms with E-state index >= 15 is 0 Å². The van der Waals surface area contributed by atoms with Gasteiger partial charge in [0.25, 0.3) is 0 Å². The maximum Gasteiger partial charge on any atom is 0.0435 e. The van der Waals surface area contributed by atoms with E-state index in [1.54, 1.807) is 0 Å². The second-order valence-electron chi connectivity index (χ2n) is 6.47. The molecule has 0 radical (unpaired) electrons. The molecule has 1 aromatic heterocycles. The van der Waals surface area contributed by atoms with Gasteiger partial charge in [0, 0.05) is 24.0 Å². The zero-order valence-electron chi connectivity index (χ0n) is 13.0. The smallest absolute Gasteiger partial charge is 0.0435 e. The molecule has 0 amide bonds. The van der Waals surface area contributed by atoms with Crippen molar-refractivity contribution < 1.29 is 0 Å². The van der Waals surface area contributed by atoms with Crippen LogP contribution in [0.15, 0.2) is 24.5 Å².